The van der Waals surface area contributed by atoms with Gasteiger partial charge in [-0.15, -0.1) is 0 Å². The van der Waals surface area contributed by atoms with E-state index >= 15 is 0 Å². The van der Waals surface area contributed by atoms with Crippen LogP contribution in [0.25, 0.3) is 0 Å². The molecule has 0 aliphatic carbocycles. The Labute approximate surface area is 175 Å². The lowest BCUT2D eigenvalue weighted by Gasteiger charge is -2.45. The SMILES string of the molecule is O=C(NC1=N[C@@]2(c3ccc(F)cc3F)CO[C@@H](C(=O)O)CC2CS1)c1ccccc1. The second kappa shape index (κ2) is 8.16. The minimum Gasteiger partial charge on any atom is -0.479 e. The van der Waals surface area contributed by atoms with Crippen molar-refractivity contribution in [3.8, 4) is 0 Å². The zero-order valence-electron chi connectivity index (χ0n) is 15.7. The number of amides is 1. The van der Waals surface area contributed by atoms with Crippen LogP contribution in [0, 0.1) is 17.6 Å². The second-order valence-corrected chi connectivity index (χ2v) is 8.18. The standard InChI is InChI=1S/C21H18F2N2O4S/c22-14-6-7-15(16(23)9-14)21-11-29-17(19(27)28)8-13(21)10-30-20(25-21)24-18(26)12-4-2-1-3-5-12/h1-7,9,13,17H,8,10-11H2,(H,27,28)(H,24,25,26)/t13?,17-,21+/m1/s1. The Morgan fingerprint density at radius 1 is 1.20 bits per heavy atom. The molecule has 156 valence electrons. The number of carboxylic acids is 1. The third kappa shape index (κ3) is 3.82. The summed E-state index contributed by atoms with van der Waals surface area (Å²) in [6.45, 7) is -0.192. The fourth-order valence-corrected chi connectivity index (χ4v) is 4.95. The Bertz CT molecular complexity index is 1020. The van der Waals surface area contributed by atoms with Gasteiger partial charge < -0.3 is 15.2 Å². The van der Waals surface area contributed by atoms with E-state index in [0.29, 0.717) is 11.3 Å². The Hall–Kier alpha value is -2.78. The number of aliphatic carboxylic acids is 1. The molecule has 2 heterocycles. The summed E-state index contributed by atoms with van der Waals surface area (Å²) in [7, 11) is 0. The number of nitrogens with zero attached hydrogens (tertiary/aromatic N) is 1. The average Bonchev–Trinajstić information content (AvgIpc) is 2.73. The minimum absolute atomic E-state index is 0.115. The molecule has 0 radical (unpaired) electrons. The van der Waals surface area contributed by atoms with Gasteiger partial charge in [0.25, 0.3) is 5.91 Å². The van der Waals surface area contributed by atoms with E-state index in [1.807, 2.05) is 0 Å². The largest absolute Gasteiger partial charge is 0.479 e. The van der Waals surface area contributed by atoms with Crippen LogP contribution in [0.3, 0.4) is 0 Å². The van der Waals surface area contributed by atoms with Gasteiger partial charge in [-0.25, -0.2) is 18.6 Å². The lowest BCUT2D eigenvalue weighted by atomic mass is 9.75. The van der Waals surface area contributed by atoms with Gasteiger partial charge in [-0.2, -0.15) is 0 Å². The van der Waals surface area contributed by atoms with Crippen LogP contribution in [-0.4, -0.2) is 40.6 Å². The first-order valence-corrected chi connectivity index (χ1v) is 10.3. The van der Waals surface area contributed by atoms with E-state index < -0.39 is 29.2 Å². The Balaban J connectivity index is 1.71. The molecule has 0 saturated carbocycles. The topological polar surface area (TPSA) is 88.0 Å². The smallest absolute Gasteiger partial charge is 0.332 e. The molecule has 0 aromatic heterocycles. The number of rotatable bonds is 3. The number of benzene rings is 2. The van der Waals surface area contributed by atoms with E-state index in [1.54, 1.807) is 30.3 Å². The summed E-state index contributed by atoms with van der Waals surface area (Å²) in [5.74, 6) is -2.94. The van der Waals surface area contributed by atoms with Crippen molar-refractivity contribution in [1.29, 1.82) is 0 Å². The molecule has 1 unspecified atom stereocenters. The zero-order chi connectivity index (χ0) is 21.3. The second-order valence-electron chi connectivity index (χ2n) is 7.17. The number of amidine groups is 1. The van der Waals surface area contributed by atoms with Crippen LogP contribution in [-0.2, 0) is 15.1 Å². The van der Waals surface area contributed by atoms with Crippen LogP contribution in [0.5, 0.6) is 0 Å². The van der Waals surface area contributed by atoms with Gasteiger partial charge in [0.05, 0.1) is 6.61 Å². The fourth-order valence-electron chi connectivity index (χ4n) is 3.78. The maximum Gasteiger partial charge on any atom is 0.332 e. The molecule has 1 fully saturated rings. The van der Waals surface area contributed by atoms with Gasteiger partial charge in [0, 0.05) is 28.9 Å². The lowest BCUT2D eigenvalue weighted by molar-refractivity contribution is -0.159. The molecular weight excluding hydrogens is 414 g/mol. The molecule has 3 atom stereocenters. The summed E-state index contributed by atoms with van der Waals surface area (Å²) in [5, 5.41) is 12.3. The number of aliphatic imine (C=N–C) groups is 1. The molecule has 2 aromatic carbocycles. The number of nitrogens with one attached hydrogen (secondary N) is 1. The van der Waals surface area contributed by atoms with Crippen LogP contribution >= 0.6 is 11.8 Å². The molecule has 30 heavy (non-hydrogen) atoms. The molecule has 0 bridgehead atoms. The summed E-state index contributed by atoms with van der Waals surface area (Å²) in [4.78, 5) is 28.6. The first-order chi connectivity index (χ1) is 14.4. The number of thioether (sulfide) groups is 1. The molecule has 1 amide bonds. The highest BCUT2D eigenvalue weighted by molar-refractivity contribution is 8.13. The Morgan fingerprint density at radius 3 is 2.67 bits per heavy atom. The highest BCUT2D eigenvalue weighted by atomic mass is 32.2. The molecule has 1 saturated heterocycles. The molecule has 0 spiro atoms. The molecule has 6 nitrogen and oxygen atoms in total. The first-order valence-electron chi connectivity index (χ1n) is 9.28. The first kappa shape index (κ1) is 20.5. The van der Waals surface area contributed by atoms with Crippen molar-refractivity contribution in [3.05, 3.63) is 71.3 Å². The van der Waals surface area contributed by atoms with E-state index in [0.717, 1.165) is 12.1 Å². The van der Waals surface area contributed by atoms with Crippen LogP contribution in [0.15, 0.2) is 53.5 Å². The number of carbonyl (C=O) groups excluding carboxylic acids is 1. The number of carbonyl (C=O) groups is 2. The number of carboxylic acid groups (broad SMARTS) is 1. The summed E-state index contributed by atoms with van der Waals surface area (Å²) in [6, 6.07) is 11.8. The van der Waals surface area contributed by atoms with Gasteiger partial charge in [0.1, 0.15) is 17.2 Å². The van der Waals surface area contributed by atoms with Crippen molar-refractivity contribution in [3.63, 3.8) is 0 Å². The predicted molar refractivity (Wildman–Crippen MR) is 107 cm³/mol. The average molecular weight is 432 g/mol. The van der Waals surface area contributed by atoms with E-state index in [9.17, 15) is 23.5 Å². The van der Waals surface area contributed by atoms with Crippen LogP contribution in [0.2, 0.25) is 0 Å². The van der Waals surface area contributed by atoms with Crippen LogP contribution < -0.4 is 5.32 Å². The number of hydrogen-bond donors (Lipinski definition) is 2. The maximum absolute atomic E-state index is 14.7. The van der Waals surface area contributed by atoms with Crippen molar-refractivity contribution in [2.45, 2.75) is 18.1 Å². The molecule has 2 aliphatic heterocycles. The quantitative estimate of drug-likeness (QED) is 0.778. The molecule has 9 heteroatoms. The van der Waals surface area contributed by atoms with Crippen molar-refractivity contribution in [2.75, 3.05) is 12.4 Å². The molecule has 2 N–H and O–H groups in total. The summed E-state index contributed by atoms with van der Waals surface area (Å²) in [5.41, 5.74) is -0.700. The van der Waals surface area contributed by atoms with Crippen LogP contribution in [0.4, 0.5) is 8.78 Å². The molecular formula is C21H18F2N2O4S. The number of halogens is 2. The van der Waals surface area contributed by atoms with Gasteiger partial charge in [-0.05, 0) is 24.6 Å². The third-order valence-corrected chi connectivity index (χ3v) is 6.37. The maximum atomic E-state index is 14.7. The van der Waals surface area contributed by atoms with Crippen molar-refractivity contribution in [2.24, 2.45) is 10.9 Å². The summed E-state index contributed by atoms with van der Waals surface area (Å²) >= 11 is 1.26. The van der Waals surface area contributed by atoms with Gasteiger partial charge >= 0.3 is 5.97 Å². The fraction of sp³-hybridized carbons (Fsp3) is 0.286. The lowest BCUT2D eigenvalue weighted by Crippen LogP contribution is -2.52. The minimum atomic E-state index is -1.26. The highest BCUT2D eigenvalue weighted by Gasteiger charge is 2.51. The van der Waals surface area contributed by atoms with Crippen molar-refractivity contribution >= 4 is 28.8 Å². The normalized spacial score (nSPS) is 25.7. The van der Waals surface area contributed by atoms with E-state index in [2.05, 4.69) is 10.3 Å². The number of hydrogen-bond acceptors (Lipinski definition) is 5. The van der Waals surface area contributed by atoms with E-state index in [1.165, 1.54) is 17.8 Å². The van der Waals surface area contributed by atoms with Gasteiger partial charge in [0.2, 0.25) is 0 Å². The van der Waals surface area contributed by atoms with Crippen LogP contribution in [0.1, 0.15) is 22.3 Å². The zero-order valence-corrected chi connectivity index (χ0v) is 16.5. The molecule has 4 rings (SSSR count). The monoisotopic (exact) mass is 432 g/mol. The Morgan fingerprint density at radius 2 is 1.97 bits per heavy atom. The van der Waals surface area contributed by atoms with Gasteiger partial charge in [0.15, 0.2) is 11.3 Å². The molecule has 2 aliphatic rings. The highest BCUT2D eigenvalue weighted by Crippen LogP contribution is 2.47. The van der Waals surface area contributed by atoms with Crippen molar-refractivity contribution < 1.29 is 28.2 Å². The van der Waals surface area contributed by atoms with Gasteiger partial charge in [-0.3, -0.25) is 4.79 Å². The number of ether oxygens (including phenoxy) is 1. The summed E-state index contributed by atoms with van der Waals surface area (Å²) in [6.07, 6.45) is -0.898. The third-order valence-electron chi connectivity index (χ3n) is 5.33. The van der Waals surface area contributed by atoms with E-state index in [-0.39, 0.29) is 35.6 Å². The number of fused-ring (bicyclic) bond motifs is 1. The van der Waals surface area contributed by atoms with Crippen molar-refractivity contribution in [1.82, 2.24) is 5.32 Å². The Kier molecular flexibility index (Phi) is 5.57. The molecule has 2 aromatic rings. The predicted octanol–water partition coefficient (Wildman–Crippen LogP) is 3.18. The van der Waals surface area contributed by atoms with Gasteiger partial charge in [-0.1, -0.05) is 36.0 Å². The summed E-state index contributed by atoms with van der Waals surface area (Å²) < 4.78 is 33.7. The van der Waals surface area contributed by atoms with E-state index in [4.69, 9.17) is 4.74 Å².